The highest BCUT2D eigenvalue weighted by molar-refractivity contribution is 9.10. The van der Waals surface area contributed by atoms with E-state index in [1.807, 2.05) is 12.3 Å². The van der Waals surface area contributed by atoms with Gasteiger partial charge in [0, 0.05) is 6.54 Å². The summed E-state index contributed by atoms with van der Waals surface area (Å²) in [5.41, 5.74) is 7.16. The second-order valence-electron chi connectivity index (χ2n) is 4.08. The molecule has 0 aliphatic carbocycles. The Morgan fingerprint density at radius 1 is 1.44 bits per heavy atom. The first kappa shape index (κ1) is 12.1. The first-order chi connectivity index (χ1) is 7.68. The predicted octanol–water partition coefficient (Wildman–Crippen LogP) is 3.16. The molecule has 0 saturated carbocycles. The van der Waals surface area contributed by atoms with Crippen molar-refractivity contribution in [2.45, 2.75) is 31.8 Å². The molecule has 1 aromatic heterocycles. The Kier molecular flexibility index (Phi) is 4.05. The topological polar surface area (TPSA) is 42.1 Å². The lowest BCUT2D eigenvalue weighted by molar-refractivity contribution is 0.592. The number of hydrogen-bond acceptors (Lipinski definition) is 3. The summed E-state index contributed by atoms with van der Waals surface area (Å²) in [6.45, 7) is 0.987. The molecule has 0 amide bonds. The Bertz CT molecular complexity index is 372. The first-order valence-corrected chi connectivity index (χ1v) is 6.69. The number of hydrogen-bond donors (Lipinski definition) is 1. The van der Waals surface area contributed by atoms with E-state index in [2.05, 4.69) is 25.8 Å². The van der Waals surface area contributed by atoms with E-state index >= 15 is 0 Å². The van der Waals surface area contributed by atoms with Crippen molar-refractivity contribution in [1.82, 2.24) is 4.98 Å². The molecule has 2 heterocycles. The fourth-order valence-electron chi connectivity index (χ4n) is 2.02. The fourth-order valence-corrected chi connectivity index (χ4v) is 2.40. The maximum atomic E-state index is 6.14. The summed E-state index contributed by atoms with van der Waals surface area (Å²) in [4.78, 5) is 6.40. The summed E-state index contributed by atoms with van der Waals surface area (Å²) in [5, 5.41) is 0.633. The van der Waals surface area contributed by atoms with Crippen LogP contribution in [0.3, 0.4) is 0 Å². The minimum atomic E-state index is 0.0848. The maximum Gasteiger partial charge on any atom is 0.124 e. The van der Waals surface area contributed by atoms with Gasteiger partial charge in [0.15, 0.2) is 0 Å². The van der Waals surface area contributed by atoms with Gasteiger partial charge < -0.3 is 10.6 Å². The molecule has 2 N–H and O–H groups in total. The van der Waals surface area contributed by atoms with Gasteiger partial charge in [-0.15, -0.1) is 0 Å². The van der Waals surface area contributed by atoms with Crippen molar-refractivity contribution in [3.8, 4) is 0 Å². The van der Waals surface area contributed by atoms with Crippen molar-refractivity contribution >= 4 is 33.2 Å². The number of pyridine rings is 1. The van der Waals surface area contributed by atoms with Crippen molar-refractivity contribution < 1.29 is 0 Å². The van der Waals surface area contributed by atoms with Crippen LogP contribution >= 0.6 is 27.5 Å². The normalized spacial score (nSPS) is 21.9. The molecular weight excluding hydrogens is 289 g/mol. The largest absolute Gasteiger partial charge is 0.355 e. The van der Waals surface area contributed by atoms with Gasteiger partial charge in [-0.3, -0.25) is 0 Å². The van der Waals surface area contributed by atoms with Crippen LogP contribution in [0.25, 0.3) is 0 Å². The highest BCUT2D eigenvalue weighted by Crippen LogP contribution is 2.27. The minimum absolute atomic E-state index is 0.0848. The molecule has 1 atom stereocenters. The second kappa shape index (κ2) is 5.34. The van der Waals surface area contributed by atoms with Crippen LogP contribution in [0.1, 0.15) is 25.7 Å². The Balaban J connectivity index is 2.23. The standard InChI is InChI=1S/C11H15BrClN3/c12-11-9(13)6-8(7-15-11)16-5-3-1-2-4-10(16)14/h6-7,10H,1-5,14H2. The number of nitrogens with two attached hydrogens (primary N) is 1. The summed E-state index contributed by atoms with van der Waals surface area (Å²) in [5.74, 6) is 0. The van der Waals surface area contributed by atoms with E-state index in [1.54, 1.807) is 0 Å². The number of halogens is 2. The average molecular weight is 305 g/mol. The van der Waals surface area contributed by atoms with Crippen LogP contribution in [-0.4, -0.2) is 17.7 Å². The molecule has 1 unspecified atom stereocenters. The van der Waals surface area contributed by atoms with Crippen LogP contribution < -0.4 is 10.6 Å². The predicted molar refractivity (Wildman–Crippen MR) is 70.7 cm³/mol. The van der Waals surface area contributed by atoms with Crippen molar-refractivity contribution in [2.24, 2.45) is 5.73 Å². The van der Waals surface area contributed by atoms with E-state index in [1.165, 1.54) is 19.3 Å². The molecule has 1 aliphatic heterocycles. The Hall–Kier alpha value is -0.320. The fraction of sp³-hybridized carbons (Fsp3) is 0.545. The average Bonchev–Trinajstić information content (AvgIpc) is 2.47. The third-order valence-corrected chi connectivity index (χ3v) is 4.06. The van der Waals surface area contributed by atoms with Crippen molar-refractivity contribution in [1.29, 1.82) is 0 Å². The Labute approximate surface area is 109 Å². The zero-order valence-corrected chi connectivity index (χ0v) is 11.3. The Morgan fingerprint density at radius 3 is 3.00 bits per heavy atom. The smallest absolute Gasteiger partial charge is 0.124 e. The van der Waals surface area contributed by atoms with Crippen molar-refractivity contribution in [2.75, 3.05) is 11.4 Å². The molecule has 5 heteroatoms. The monoisotopic (exact) mass is 303 g/mol. The van der Waals surface area contributed by atoms with Crippen LogP contribution in [0.2, 0.25) is 5.02 Å². The van der Waals surface area contributed by atoms with Gasteiger partial charge in [0.05, 0.1) is 23.1 Å². The van der Waals surface area contributed by atoms with Crippen LogP contribution in [0.15, 0.2) is 16.9 Å². The van der Waals surface area contributed by atoms with E-state index < -0.39 is 0 Å². The van der Waals surface area contributed by atoms with Gasteiger partial charge in [0.2, 0.25) is 0 Å². The van der Waals surface area contributed by atoms with Crippen LogP contribution in [0, 0.1) is 0 Å². The lowest BCUT2D eigenvalue weighted by atomic mass is 10.2. The Morgan fingerprint density at radius 2 is 2.25 bits per heavy atom. The van der Waals surface area contributed by atoms with Gasteiger partial charge in [0.1, 0.15) is 4.60 Å². The summed E-state index contributed by atoms with van der Waals surface area (Å²) in [6.07, 6.45) is 6.58. The van der Waals surface area contributed by atoms with E-state index in [4.69, 9.17) is 17.3 Å². The zero-order valence-electron chi connectivity index (χ0n) is 9.00. The van der Waals surface area contributed by atoms with Gasteiger partial charge >= 0.3 is 0 Å². The molecule has 1 fully saturated rings. The minimum Gasteiger partial charge on any atom is -0.355 e. The summed E-state index contributed by atoms with van der Waals surface area (Å²) < 4.78 is 0.682. The third-order valence-electron chi connectivity index (χ3n) is 2.91. The molecule has 0 radical (unpaired) electrons. The molecule has 1 aromatic rings. The maximum absolute atomic E-state index is 6.14. The highest BCUT2D eigenvalue weighted by Gasteiger charge is 2.18. The molecule has 16 heavy (non-hydrogen) atoms. The van der Waals surface area contributed by atoms with E-state index in [0.717, 1.165) is 18.7 Å². The van der Waals surface area contributed by atoms with E-state index in [9.17, 15) is 0 Å². The molecule has 0 aromatic carbocycles. The number of nitrogens with zero attached hydrogens (tertiary/aromatic N) is 2. The second-order valence-corrected chi connectivity index (χ2v) is 5.23. The third kappa shape index (κ3) is 2.67. The molecule has 1 aliphatic rings. The molecule has 88 valence electrons. The summed E-state index contributed by atoms with van der Waals surface area (Å²) in [7, 11) is 0. The molecular formula is C11H15BrClN3. The molecule has 1 saturated heterocycles. The van der Waals surface area contributed by atoms with E-state index in [0.29, 0.717) is 9.63 Å². The molecule has 0 spiro atoms. The van der Waals surface area contributed by atoms with Crippen LogP contribution in [0.5, 0.6) is 0 Å². The SMILES string of the molecule is NC1CCCCCN1c1cnc(Br)c(Cl)c1. The summed E-state index contributed by atoms with van der Waals surface area (Å²) in [6, 6.07) is 1.92. The first-order valence-electron chi connectivity index (χ1n) is 5.52. The van der Waals surface area contributed by atoms with Gasteiger partial charge in [0.25, 0.3) is 0 Å². The van der Waals surface area contributed by atoms with Gasteiger partial charge in [-0.25, -0.2) is 4.98 Å². The van der Waals surface area contributed by atoms with Gasteiger partial charge in [-0.05, 0) is 41.3 Å². The summed E-state index contributed by atoms with van der Waals surface area (Å²) >= 11 is 9.34. The van der Waals surface area contributed by atoms with Crippen LogP contribution in [0.4, 0.5) is 5.69 Å². The van der Waals surface area contributed by atoms with Crippen molar-refractivity contribution in [3.05, 3.63) is 21.9 Å². The van der Waals surface area contributed by atoms with Crippen molar-refractivity contribution in [3.63, 3.8) is 0 Å². The zero-order chi connectivity index (χ0) is 11.5. The van der Waals surface area contributed by atoms with Gasteiger partial charge in [-0.2, -0.15) is 0 Å². The highest BCUT2D eigenvalue weighted by atomic mass is 79.9. The molecule has 0 bridgehead atoms. The lowest BCUT2D eigenvalue weighted by Crippen LogP contribution is -2.41. The van der Waals surface area contributed by atoms with Gasteiger partial charge in [-0.1, -0.05) is 18.0 Å². The quantitative estimate of drug-likeness (QED) is 0.810. The number of rotatable bonds is 1. The molecule has 3 nitrogen and oxygen atoms in total. The lowest BCUT2D eigenvalue weighted by Gasteiger charge is -2.28. The number of anilines is 1. The molecule has 2 rings (SSSR count). The number of aromatic nitrogens is 1. The van der Waals surface area contributed by atoms with E-state index in [-0.39, 0.29) is 6.17 Å². The van der Waals surface area contributed by atoms with Crippen LogP contribution in [-0.2, 0) is 0 Å².